The van der Waals surface area contributed by atoms with Crippen molar-refractivity contribution < 1.29 is 36.4 Å². The van der Waals surface area contributed by atoms with Gasteiger partial charge in [-0.3, -0.25) is 19.3 Å². The Kier molecular flexibility index (Phi) is 8.14. The van der Waals surface area contributed by atoms with Crippen molar-refractivity contribution >= 4 is 34.9 Å². The second-order valence-corrected chi connectivity index (χ2v) is 10.7. The first kappa shape index (κ1) is 30.6. The van der Waals surface area contributed by atoms with Crippen LogP contribution in [0, 0.1) is 12.7 Å². The number of likely N-dealkylation sites (N-methyl/N-ethyl adjacent to an activating group) is 1. The van der Waals surface area contributed by atoms with E-state index in [0.29, 0.717) is 19.0 Å². The molecule has 0 spiro atoms. The van der Waals surface area contributed by atoms with Crippen molar-refractivity contribution in [3.8, 4) is 0 Å². The number of aryl methyl sites for hydroxylation is 1. The Balaban J connectivity index is 1.36. The lowest BCUT2D eigenvalue weighted by Gasteiger charge is -2.36. The molecule has 0 aliphatic carbocycles. The smallest absolute Gasteiger partial charge is 0.416 e. The fourth-order valence-corrected chi connectivity index (χ4v) is 5.36. The zero-order valence-corrected chi connectivity index (χ0v) is 24.1. The molecule has 0 radical (unpaired) electrons. The highest BCUT2D eigenvalue weighted by Gasteiger charge is 2.42. The van der Waals surface area contributed by atoms with Crippen molar-refractivity contribution in [2.75, 3.05) is 41.9 Å². The number of hydrogen-bond acceptors (Lipinski definition) is 8. The second-order valence-electron chi connectivity index (χ2n) is 10.7. The van der Waals surface area contributed by atoms with Crippen LogP contribution in [0.5, 0.6) is 0 Å². The van der Waals surface area contributed by atoms with Crippen LogP contribution in [0.1, 0.15) is 41.8 Å². The third kappa shape index (κ3) is 5.85. The number of pyridine rings is 1. The van der Waals surface area contributed by atoms with Crippen LogP contribution in [0.4, 0.5) is 34.8 Å². The largest absolute Gasteiger partial charge is 0.423 e. The average Bonchev–Trinajstić information content (AvgIpc) is 3.56. The van der Waals surface area contributed by atoms with Gasteiger partial charge in [0, 0.05) is 39.3 Å². The number of carbonyl (C=O) groups is 3. The number of nitrogens with zero attached hydrogens (tertiary/aromatic N) is 7. The third-order valence-corrected chi connectivity index (χ3v) is 7.62. The first-order chi connectivity index (χ1) is 20.8. The van der Waals surface area contributed by atoms with E-state index in [2.05, 4.69) is 21.8 Å². The van der Waals surface area contributed by atoms with Crippen LogP contribution in [0.15, 0.2) is 47.4 Å². The molecule has 2 fully saturated rings. The molecule has 5 rings (SSSR count). The SMILES string of the molecule is C=CC(=O)N1CC(c2nnc(CN(C)c3c(F)cccc3N(C)C(=O)C3CCC(=O)N3c3cc(C(F)(F)F)cc(C)n3)o2)C1. The molecule has 1 atom stereocenters. The highest BCUT2D eigenvalue weighted by Crippen LogP contribution is 2.37. The van der Waals surface area contributed by atoms with E-state index in [4.69, 9.17) is 4.42 Å². The van der Waals surface area contributed by atoms with E-state index in [1.54, 1.807) is 11.9 Å². The van der Waals surface area contributed by atoms with Gasteiger partial charge in [0.15, 0.2) is 0 Å². The Morgan fingerprint density at radius 1 is 1.18 bits per heavy atom. The Hall–Kier alpha value is -4.82. The van der Waals surface area contributed by atoms with Crippen molar-refractivity contribution in [2.45, 2.75) is 44.4 Å². The van der Waals surface area contributed by atoms with Crippen LogP contribution in [0.25, 0.3) is 0 Å². The molecule has 11 nitrogen and oxygen atoms in total. The van der Waals surface area contributed by atoms with Gasteiger partial charge in [-0.25, -0.2) is 9.37 Å². The molecule has 1 aromatic carbocycles. The number of hydrogen-bond donors (Lipinski definition) is 0. The van der Waals surface area contributed by atoms with E-state index in [1.165, 1.54) is 48.0 Å². The molecular weight excluding hydrogens is 586 g/mol. The number of anilines is 3. The number of carbonyl (C=O) groups excluding carboxylic acids is 3. The number of rotatable bonds is 8. The molecule has 232 valence electrons. The Labute approximate surface area is 249 Å². The van der Waals surface area contributed by atoms with Gasteiger partial charge in [-0.05, 0) is 43.7 Å². The maximum atomic E-state index is 15.3. The normalized spacial score (nSPS) is 17.1. The topological polar surface area (TPSA) is 116 Å². The van der Waals surface area contributed by atoms with Crippen molar-refractivity contribution in [1.82, 2.24) is 20.1 Å². The predicted octanol–water partition coefficient (Wildman–Crippen LogP) is 3.84. The number of halogens is 4. The molecule has 44 heavy (non-hydrogen) atoms. The zero-order chi connectivity index (χ0) is 31.9. The minimum absolute atomic E-state index is 0.0214. The molecule has 3 amide bonds. The van der Waals surface area contributed by atoms with Crippen LogP contribution in [0.3, 0.4) is 0 Å². The van der Waals surface area contributed by atoms with Crippen molar-refractivity contribution in [3.63, 3.8) is 0 Å². The molecule has 2 aliphatic rings. The van der Waals surface area contributed by atoms with Gasteiger partial charge in [0.2, 0.25) is 29.5 Å². The van der Waals surface area contributed by atoms with Crippen LogP contribution >= 0.6 is 0 Å². The summed E-state index contributed by atoms with van der Waals surface area (Å²) in [5, 5.41) is 8.10. The van der Waals surface area contributed by atoms with E-state index in [1.807, 2.05) is 0 Å². The summed E-state index contributed by atoms with van der Waals surface area (Å²) in [6.07, 6.45) is -3.48. The van der Waals surface area contributed by atoms with Gasteiger partial charge in [-0.1, -0.05) is 12.6 Å². The molecule has 2 aliphatic heterocycles. The predicted molar refractivity (Wildman–Crippen MR) is 150 cm³/mol. The molecule has 2 saturated heterocycles. The molecular formula is C29H29F4N7O4. The number of para-hydroxylation sites is 1. The van der Waals surface area contributed by atoms with E-state index in [9.17, 15) is 27.6 Å². The lowest BCUT2D eigenvalue weighted by atomic mass is 10.0. The van der Waals surface area contributed by atoms with Crippen molar-refractivity contribution in [1.29, 1.82) is 0 Å². The van der Waals surface area contributed by atoms with Crippen LogP contribution in [-0.2, 0) is 27.1 Å². The third-order valence-electron chi connectivity index (χ3n) is 7.62. The summed E-state index contributed by atoms with van der Waals surface area (Å²) >= 11 is 0. The number of alkyl halides is 3. The fourth-order valence-electron chi connectivity index (χ4n) is 5.36. The lowest BCUT2D eigenvalue weighted by Crippen LogP contribution is -2.47. The molecule has 1 unspecified atom stereocenters. The van der Waals surface area contributed by atoms with Gasteiger partial charge in [0.05, 0.1) is 29.4 Å². The first-order valence-electron chi connectivity index (χ1n) is 13.7. The fraction of sp³-hybridized carbons (Fsp3) is 0.379. The van der Waals surface area contributed by atoms with Gasteiger partial charge < -0.3 is 19.1 Å². The summed E-state index contributed by atoms with van der Waals surface area (Å²) in [6.45, 7) is 5.62. The summed E-state index contributed by atoms with van der Waals surface area (Å²) in [4.78, 5) is 47.6. The number of likely N-dealkylation sites (tertiary alicyclic amines) is 1. The molecule has 0 saturated carbocycles. The standard InChI is InChI=1S/C29H29F4N7O4/c1-5-24(41)39-13-17(14-39)27-36-35-23(44-27)15-37(3)26-19(30)7-6-8-20(26)38(4)28(43)21-9-10-25(42)40(21)22-12-18(29(31,32)33)11-16(2)34-22/h5-8,11-12,17,21H,1,9-10,13-15H2,2-4H3. The Morgan fingerprint density at radius 2 is 1.91 bits per heavy atom. The van der Waals surface area contributed by atoms with E-state index in [-0.39, 0.29) is 60.0 Å². The minimum atomic E-state index is -4.68. The second kappa shape index (κ2) is 11.7. The van der Waals surface area contributed by atoms with E-state index < -0.39 is 35.4 Å². The van der Waals surface area contributed by atoms with E-state index >= 15 is 4.39 Å². The first-order valence-corrected chi connectivity index (χ1v) is 13.7. The zero-order valence-electron chi connectivity index (χ0n) is 24.1. The quantitative estimate of drug-likeness (QED) is 0.277. The number of amides is 3. The van der Waals surface area contributed by atoms with Gasteiger partial charge in [-0.2, -0.15) is 13.2 Å². The maximum Gasteiger partial charge on any atom is 0.416 e. The van der Waals surface area contributed by atoms with Crippen molar-refractivity contribution in [2.24, 2.45) is 0 Å². The monoisotopic (exact) mass is 615 g/mol. The molecule has 2 aromatic heterocycles. The summed E-state index contributed by atoms with van der Waals surface area (Å²) < 4.78 is 61.5. The van der Waals surface area contributed by atoms with Crippen LogP contribution in [0.2, 0.25) is 0 Å². The summed E-state index contributed by atoms with van der Waals surface area (Å²) in [5.41, 5.74) is -0.773. The summed E-state index contributed by atoms with van der Waals surface area (Å²) in [7, 11) is 2.97. The summed E-state index contributed by atoms with van der Waals surface area (Å²) in [6, 6.07) is 4.59. The van der Waals surface area contributed by atoms with Gasteiger partial charge in [0.1, 0.15) is 17.7 Å². The number of benzene rings is 1. The molecule has 4 heterocycles. The Bertz CT molecular complexity index is 1620. The van der Waals surface area contributed by atoms with Crippen LogP contribution in [-0.4, -0.2) is 71.0 Å². The van der Waals surface area contributed by atoms with Crippen LogP contribution < -0.4 is 14.7 Å². The highest BCUT2D eigenvalue weighted by atomic mass is 19.4. The van der Waals surface area contributed by atoms with Gasteiger partial charge >= 0.3 is 6.18 Å². The molecule has 3 aromatic rings. The maximum absolute atomic E-state index is 15.3. The van der Waals surface area contributed by atoms with Crippen molar-refractivity contribution in [3.05, 3.63) is 71.8 Å². The Morgan fingerprint density at radius 3 is 2.59 bits per heavy atom. The molecule has 0 bridgehead atoms. The molecule has 0 N–H and O–H groups in total. The van der Waals surface area contributed by atoms with Gasteiger partial charge in [-0.15, -0.1) is 10.2 Å². The van der Waals surface area contributed by atoms with Gasteiger partial charge in [0.25, 0.3) is 0 Å². The average molecular weight is 616 g/mol. The number of aromatic nitrogens is 3. The molecule has 15 heteroatoms. The lowest BCUT2D eigenvalue weighted by molar-refractivity contribution is -0.137. The highest BCUT2D eigenvalue weighted by molar-refractivity contribution is 6.09. The van der Waals surface area contributed by atoms with E-state index in [0.717, 1.165) is 17.0 Å². The summed E-state index contributed by atoms with van der Waals surface area (Å²) in [5.74, 6) is -1.92. The minimum Gasteiger partial charge on any atom is -0.423 e.